The number of rotatable bonds is 2. The Bertz CT molecular complexity index is 673. The highest BCUT2D eigenvalue weighted by molar-refractivity contribution is 7.89. The van der Waals surface area contributed by atoms with Crippen LogP contribution in [0.15, 0.2) is 47.4 Å². The van der Waals surface area contributed by atoms with Crippen molar-refractivity contribution in [2.24, 2.45) is 5.14 Å². The number of hydrogen-bond acceptors (Lipinski definition) is 2. The molecule has 2 aromatic rings. The Morgan fingerprint density at radius 2 is 1.56 bits per heavy atom. The zero-order valence-corrected chi connectivity index (χ0v) is 11.2. The SMILES string of the molecule is Cc1ccc(-c2cc(S(N)(=O)=O)ccc2C)cc1. The molecule has 0 radical (unpaired) electrons. The number of benzene rings is 2. The van der Waals surface area contributed by atoms with Crippen LogP contribution in [0.2, 0.25) is 0 Å². The van der Waals surface area contributed by atoms with Crippen molar-refractivity contribution in [1.29, 1.82) is 0 Å². The van der Waals surface area contributed by atoms with Crippen molar-refractivity contribution in [1.82, 2.24) is 0 Å². The van der Waals surface area contributed by atoms with Gasteiger partial charge in [0.05, 0.1) is 4.90 Å². The van der Waals surface area contributed by atoms with E-state index in [9.17, 15) is 8.42 Å². The van der Waals surface area contributed by atoms with Gasteiger partial charge in [0.2, 0.25) is 10.0 Å². The minimum atomic E-state index is -3.66. The molecule has 0 aromatic heterocycles. The molecule has 94 valence electrons. The molecule has 2 N–H and O–H groups in total. The van der Waals surface area contributed by atoms with Crippen molar-refractivity contribution in [3.8, 4) is 11.1 Å². The van der Waals surface area contributed by atoms with E-state index in [1.54, 1.807) is 12.1 Å². The molecule has 2 rings (SSSR count). The molecular formula is C14H15NO2S. The molecule has 0 amide bonds. The summed E-state index contributed by atoms with van der Waals surface area (Å²) in [5.74, 6) is 0. The van der Waals surface area contributed by atoms with E-state index in [1.165, 1.54) is 11.6 Å². The van der Waals surface area contributed by atoms with E-state index in [0.717, 1.165) is 16.7 Å². The second-order valence-corrected chi connectivity index (χ2v) is 5.95. The number of aryl methyl sites for hydroxylation is 2. The van der Waals surface area contributed by atoms with Crippen molar-refractivity contribution in [2.45, 2.75) is 18.7 Å². The predicted octanol–water partition coefficient (Wildman–Crippen LogP) is 2.62. The average Bonchev–Trinajstić information content (AvgIpc) is 2.29. The molecule has 0 spiro atoms. The molecule has 18 heavy (non-hydrogen) atoms. The summed E-state index contributed by atoms with van der Waals surface area (Å²) in [4.78, 5) is 0.142. The first-order valence-electron chi connectivity index (χ1n) is 5.58. The Hall–Kier alpha value is -1.65. The monoisotopic (exact) mass is 261 g/mol. The average molecular weight is 261 g/mol. The molecule has 0 aliphatic carbocycles. The van der Waals surface area contributed by atoms with E-state index >= 15 is 0 Å². The van der Waals surface area contributed by atoms with Gasteiger partial charge in [0.25, 0.3) is 0 Å². The summed E-state index contributed by atoms with van der Waals surface area (Å²) < 4.78 is 22.7. The summed E-state index contributed by atoms with van der Waals surface area (Å²) in [6.45, 7) is 3.96. The molecule has 0 bridgehead atoms. The van der Waals surface area contributed by atoms with Gasteiger partial charge in [-0.15, -0.1) is 0 Å². The Morgan fingerprint density at radius 1 is 0.944 bits per heavy atom. The lowest BCUT2D eigenvalue weighted by atomic mass is 10.00. The second-order valence-electron chi connectivity index (χ2n) is 4.39. The van der Waals surface area contributed by atoms with Gasteiger partial charge in [-0.2, -0.15) is 0 Å². The van der Waals surface area contributed by atoms with Crippen LogP contribution in [0.4, 0.5) is 0 Å². The Morgan fingerprint density at radius 3 is 2.11 bits per heavy atom. The highest BCUT2D eigenvalue weighted by Gasteiger charge is 2.10. The third-order valence-corrected chi connectivity index (χ3v) is 3.81. The van der Waals surface area contributed by atoms with Gasteiger partial charge in [-0.05, 0) is 42.7 Å². The van der Waals surface area contributed by atoms with Gasteiger partial charge < -0.3 is 0 Å². The zero-order valence-electron chi connectivity index (χ0n) is 10.3. The highest BCUT2D eigenvalue weighted by atomic mass is 32.2. The van der Waals surface area contributed by atoms with E-state index in [2.05, 4.69) is 0 Å². The van der Waals surface area contributed by atoms with Gasteiger partial charge in [-0.25, -0.2) is 13.6 Å². The number of hydrogen-bond donors (Lipinski definition) is 1. The molecule has 0 atom stereocenters. The molecule has 0 fully saturated rings. The Labute approximate surface area is 107 Å². The molecule has 0 heterocycles. The topological polar surface area (TPSA) is 60.2 Å². The first kappa shape index (κ1) is 12.8. The highest BCUT2D eigenvalue weighted by Crippen LogP contribution is 2.26. The number of sulfonamides is 1. The van der Waals surface area contributed by atoms with Gasteiger partial charge in [0, 0.05) is 0 Å². The number of primary sulfonamides is 1. The molecule has 0 aliphatic heterocycles. The van der Waals surface area contributed by atoms with Crippen LogP contribution in [-0.2, 0) is 10.0 Å². The summed E-state index contributed by atoms with van der Waals surface area (Å²) in [7, 11) is -3.66. The standard InChI is InChI=1S/C14H15NO2S/c1-10-3-6-12(7-4-10)14-9-13(18(15,16)17)8-5-11(14)2/h3-9H,1-2H3,(H2,15,16,17). The fraction of sp³-hybridized carbons (Fsp3) is 0.143. The minimum absolute atomic E-state index is 0.142. The first-order valence-corrected chi connectivity index (χ1v) is 7.13. The van der Waals surface area contributed by atoms with Gasteiger partial charge >= 0.3 is 0 Å². The van der Waals surface area contributed by atoms with Crippen LogP contribution in [0.25, 0.3) is 11.1 Å². The lowest BCUT2D eigenvalue weighted by Crippen LogP contribution is -2.12. The van der Waals surface area contributed by atoms with E-state index in [1.807, 2.05) is 38.1 Å². The maximum absolute atomic E-state index is 11.4. The van der Waals surface area contributed by atoms with Crippen molar-refractivity contribution in [3.63, 3.8) is 0 Å². The third-order valence-electron chi connectivity index (χ3n) is 2.90. The van der Waals surface area contributed by atoms with Crippen LogP contribution in [0.1, 0.15) is 11.1 Å². The van der Waals surface area contributed by atoms with Crippen LogP contribution >= 0.6 is 0 Å². The largest absolute Gasteiger partial charge is 0.238 e. The summed E-state index contributed by atoms with van der Waals surface area (Å²) in [6.07, 6.45) is 0. The van der Waals surface area contributed by atoms with Crippen LogP contribution in [0, 0.1) is 13.8 Å². The summed E-state index contributed by atoms with van der Waals surface area (Å²) in [6, 6.07) is 12.9. The van der Waals surface area contributed by atoms with E-state index < -0.39 is 10.0 Å². The van der Waals surface area contributed by atoms with Gasteiger partial charge in [-0.3, -0.25) is 0 Å². The van der Waals surface area contributed by atoms with Gasteiger partial charge in [0.15, 0.2) is 0 Å². The fourth-order valence-corrected chi connectivity index (χ4v) is 2.36. The lowest BCUT2D eigenvalue weighted by molar-refractivity contribution is 0.598. The summed E-state index contributed by atoms with van der Waals surface area (Å²) in [5.41, 5.74) is 4.07. The van der Waals surface area contributed by atoms with Crippen molar-refractivity contribution in [3.05, 3.63) is 53.6 Å². The minimum Gasteiger partial charge on any atom is -0.225 e. The number of nitrogens with two attached hydrogens (primary N) is 1. The molecule has 0 aliphatic rings. The van der Waals surface area contributed by atoms with E-state index in [-0.39, 0.29) is 4.90 Å². The van der Waals surface area contributed by atoms with Gasteiger partial charge in [-0.1, -0.05) is 35.9 Å². The molecule has 0 saturated carbocycles. The second kappa shape index (κ2) is 4.55. The molecular weight excluding hydrogens is 246 g/mol. The molecule has 2 aromatic carbocycles. The molecule has 0 saturated heterocycles. The maximum Gasteiger partial charge on any atom is 0.238 e. The van der Waals surface area contributed by atoms with Crippen molar-refractivity contribution in [2.75, 3.05) is 0 Å². The molecule has 4 heteroatoms. The van der Waals surface area contributed by atoms with E-state index in [0.29, 0.717) is 0 Å². The van der Waals surface area contributed by atoms with Crippen molar-refractivity contribution < 1.29 is 8.42 Å². The van der Waals surface area contributed by atoms with Crippen molar-refractivity contribution >= 4 is 10.0 Å². The van der Waals surface area contributed by atoms with Crippen LogP contribution in [-0.4, -0.2) is 8.42 Å². The summed E-state index contributed by atoms with van der Waals surface area (Å²) in [5, 5.41) is 5.15. The predicted molar refractivity (Wildman–Crippen MR) is 72.7 cm³/mol. The Kier molecular flexibility index (Phi) is 3.24. The van der Waals surface area contributed by atoms with Crippen LogP contribution in [0.3, 0.4) is 0 Å². The fourth-order valence-electron chi connectivity index (χ4n) is 1.82. The van der Waals surface area contributed by atoms with E-state index in [4.69, 9.17) is 5.14 Å². The van der Waals surface area contributed by atoms with Crippen LogP contribution < -0.4 is 5.14 Å². The molecule has 0 unspecified atom stereocenters. The van der Waals surface area contributed by atoms with Crippen LogP contribution in [0.5, 0.6) is 0 Å². The normalized spacial score (nSPS) is 11.5. The third kappa shape index (κ3) is 2.60. The zero-order chi connectivity index (χ0) is 13.3. The smallest absolute Gasteiger partial charge is 0.225 e. The lowest BCUT2D eigenvalue weighted by Gasteiger charge is -2.08. The maximum atomic E-state index is 11.4. The quantitative estimate of drug-likeness (QED) is 0.903. The van der Waals surface area contributed by atoms with Gasteiger partial charge in [0.1, 0.15) is 0 Å². The molecule has 3 nitrogen and oxygen atoms in total. The summed E-state index contributed by atoms with van der Waals surface area (Å²) >= 11 is 0. The Balaban J connectivity index is 2.60. The first-order chi connectivity index (χ1) is 8.38.